The number of nitrogens with one attached hydrogen (secondary N) is 1. The third-order valence-corrected chi connectivity index (χ3v) is 7.82. The van der Waals surface area contributed by atoms with Gasteiger partial charge in [0, 0.05) is 17.1 Å². The Balaban J connectivity index is 1.41. The average Bonchev–Trinajstić information content (AvgIpc) is 3.20. The fraction of sp³-hybridized carbons (Fsp3) is 0.310. The van der Waals surface area contributed by atoms with E-state index in [2.05, 4.69) is 50.4 Å². The zero-order valence-corrected chi connectivity index (χ0v) is 22.1. The van der Waals surface area contributed by atoms with Crippen molar-refractivity contribution in [3.8, 4) is 0 Å². The fourth-order valence-corrected chi connectivity index (χ4v) is 5.44. The highest BCUT2D eigenvalue weighted by Gasteiger charge is 2.32. The maximum Gasteiger partial charge on any atom is 0.251 e. The van der Waals surface area contributed by atoms with Gasteiger partial charge < -0.3 is 10.2 Å². The standard InChI is InChI=1S/C29H31ClN2O2S/c1-19(21-11-13-24(14-12-21)29(2,3)4)31-27(34)22-7-9-23(10-8-22)28-32(26(33)18-35-28)17-20-5-15-25(30)16-6-20/h5-16,19,28H,17-18H2,1-4H3,(H,31,34)/t19-,28-/m1/s1. The summed E-state index contributed by atoms with van der Waals surface area (Å²) in [5.41, 5.74) is 5.09. The van der Waals surface area contributed by atoms with Gasteiger partial charge in [0.1, 0.15) is 5.37 Å². The molecule has 2 atom stereocenters. The third kappa shape index (κ3) is 6.09. The molecule has 3 aromatic rings. The Labute approximate surface area is 217 Å². The predicted octanol–water partition coefficient (Wildman–Crippen LogP) is 6.90. The topological polar surface area (TPSA) is 49.4 Å². The summed E-state index contributed by atoms with van der Waals surface area (Å²) in [6, 6.07) is 23.5. The lowest BCUT2D eigenvalue weighted by atomic mass is 9.86. The lowest BCUT2D eigenvalue weighted by Gasteiger charge is -2.24. The van der Waals surface area contributed by atoms with E-state index in [4.69, 9.17) is 11.6 Å². The minimum atomic E-state index is -0.114. The molecule has 6 heteroatoms. The Morgan fingerprint density at radius 3 is 2.26 bits per heavy atom. The van der Waals surface area contributed by atoms with Crippen LogP contribution in [-0.4, -0.2) is 22.5 Å². The van der Waals surface area contributed by atoms with E-state index in [1.54, 1.807) is 11.8 Å². The van der Waals surface area contributed by atoms with E-state index in [0.717, 1.165) is 16.7 Å². The van der Waals surface area contributed by atoms with Gasteiger partial charge in [-0.15, -0.1) is 11.8 Å². The van der Waals surface area contributed by atoms with Crippen LogP contribution in [-0.2, 0) is 16.8 Å². The highest BCUT2D eigenvalue weighted by molar-refractivity contribution is 8.00. The predicted molar refractivity (Wildman–Crippen MR) is 145 cm³/mol. The zero-order valence-electron chi connectivity index (χ0n) is 20.5. The van der Waals surface area contributed by atoms with E-state index in [1.807, 2.05) is 60.4 Å². The summed E-state index contributed by atoms with van der Waals surface area (Å²) < 4.78 is 0. The Morgan fingerprint density at radius 2 is 1.66 bits per heavy atom. The number of hydrogen-bond acceptors (Lipinski definition) is 3. The zero-order chi connectivity index (χ0) is 25.2. The molecule has 2 amide bonds. The van der Waals surface area contributed by atoms with Gasteiger partial charge in [0.2, 0.25) is 5.91 Å². The molecule has 1 fully saturated rings. The molecule has 4 nitrogen and oxygen atoms in total. The van der Waals surface area contributed by atoms with Crippen LogP contribution in [0.1, 0.15) is 71.7 Å². The highest BCUT2D eigenvalue weighted by Crippen LogP contribution is 2.39. The second-order valence-corrected chi connectivity index (χ2v) is 11.5. The van der Waals surface area contributed by atoms with Crippen molar-refractivity contribution in [2.24, 2.45) is 0 Å². The average molecular weight is 507 g/mol. The molecule has 1 heterocycles. The van der Waals surface area contributed by atoms with Crippen molar-refractivity contribution in [1.82, 2.24) is 10.2 Å². The van der Waals surface area contributed by atoms with Crippen molar-refractivity contribution in [3.05, 3.63) is 106 Å². The van der Waals surface area contributed by atoms with E-state index in [0.29, 0.717) is 22.9 Å². The number of benzene rings is 3. The van der Waals surface area contributed by atoms with Gasteiger partial charge in [-0.25, -0.2) is 0 Å². The molecule has 0 bridgehead atoms. The van der Waals surface area contributed by atoms with Crippen LogP contribution in [0.3, 0.4) is 0 Å². The Morgan fingerprint density at radius 1 is 1.03 bits per heavy atom. The van der Waals surface area contributed by atoms with Gasteiger partial charge >= 0.3 is 0 Å². The van der Waals surface area contributed by atoms with Crippen LogP contribution >= 0.6 is 23.4 Å². The molecule has 3 aromatic carbocycles. The summed E-state index contributed by atoms with van der Waals surface area (Å²) in [4.78, 5) is 27.3. The molecule has 1 saturated heterocycles. The van der Waals surface area contributed by atoms with Gasteiger partial charge in [-0.1, -0.05) is 80.9 Å². The first kappa shape index (κ1) is 25.3. The van der Waals surface area contributed by atoms with Crippen molar-refractivity contribution in [2.75, 3.05) is 5.75 Å². The summed E-state index contributed by atoms with van der Waals surface area (Å²) in [7, 11) is 0. The summed E-state index contributed by atoms with van der Waals surface area (Å²) in [5.74, 6) is 0.451. The number of halogens is 1. The molecule has 0 aliphatic carbocycles. The van der Waals surface area contributed by atoms with Gasteiger partial charge in [-0.2, -0.15) is 0 Å². The molecule has 35 heavy (non-hydrogen) atoms. The largest absolute Gasteiger partial charge is 0.346 e. The maximum absolute atomic E-state index is 12.9. The molecule has 0 saturated carbocycles. The summed E-state index contributed by atoms with van der Waals surface area (Å²) >= 11 is 7.60. The summed E-state index contributed by atoms with van der Waals surface area (Å²) in [6.07, 6.45) is 0. The second kappa shape index (κ2) is 10.5. The van der Waals surface area contributed by atoms with E-state index in [9.17, 15) is 9.59 Å². The van der Waals surface area contributed by atoms with Crippen molar-refractivity contribution >= 4 is 35.2 Å². The van der Waals surface area contributed by atoms with Crippen molar-refractivity contribution in [2.45, 2.75) is 51.1 Å². The van der Waals surface area contributed by atoms with Crippen LogP contribution in [0.4, 0.5) is 0 Å². The molecule has 1 aliphatic rings. The van der Waals surface area contributed by atoms with Crippen LogP contribution in [0.2, 0.25) is 5.02 Å². The normalized spacial score (nSPS) is 16.9. The molecule has 0 unspecified atom stereocenters. The summed E-state index contributed by atoms with van der Waals surface area (Å²) in [6.45, 7) is 9.09. The Bertz CT molecular complexity index is 1190. The molecule has 182 valence electrons. The Hall–Kier alpha value is -2.76. The molecule has 1 aliphatic heterocycles. The van der Waals surface area contributed by atoms with E-state index < -0.39 is 0 Å². The van der Waals surface area contributed by atoms with Gasteiger partial charge in [-0.05, 0) is 58.9 Å². The number of hydrogen-bond donors (Lipinski definition) is 1. The second-order valence-electron chi connectivity index (χ2n) is 10.0. The van der Waals surface area contributed by atoms with Crippen LogP contribution in [0, 0.1) is 0 Å². The van der Waals surface area contributed by atoms with Gasteiger partial charge in [0.05, 0.1) is 11.8 Å². The molecule has 0 spiro atoms. The van der Waals surface area contributed by atoms with Crippen molar-refractivity contribution < 1.29 is 9.59 Å². The first-order valence-corrected chi connectivity index (χ1v) is 13.2. The Kier molecular flexibility index (Phi) is 7.58. The number of amides is 2. The number of rotatable bonds is 6. The molecule has 1 N–H and O–H groups in total. The lowest BCUT2D eigenvalue weighted by Crippen LogP contribution is -2.28. The van der Waals surface area contributed by atoms with Crippen LogP contribution < -0.4 is 5.32 Å². The van der Waals surface area contributed by atoms with Gasteiger partial charge in [0.25, 0.3) is 5.91 Å². The van der Waals surface area contributed by atoms with Gasteiger partial charge in [0.15, 0.2) is 0 Å². The molecule has 0 aromatic heterocycles. The van der Waals surface area contributed by atoms with Crippen LogP contribution in [0.25, 0.3) is 0 Å². The smallest absolute Gasteiger partial charge is 0.251 e. The van der Waals surface area contributed by atoms with Crippen LogP contribution in [0.5, 0.6) is 0 Å². The quantitative estimate of drug-likeness (QED) is 0.395. The maximum atomic E-state index is 12.9. The fourth-order valence-electron chi connectivity index (χ4n) is 4.12. The first-order valence-electron chi connectivity index (χ1n) is 11.8. The van der Waals surface area contributed by atoms with E-state index in [1.165, 1.54) is 5.56 Å². The molecular formula is C29H31ClN2O2S. The molecular weight excluding hydrogens is 476 g/mol. The number of thioether (sulfide) groups is 1. The first-order chi connectivity index (χ1) is 16.6. The van der Waals surface area contributed by atoms with Crippen molar-refractivity contribution in [3.63, 3.8) is 0 Å². The third-order valence-electron chi connectivity index (χ3n) is 6.32. The minimum absolute atomic E-state index is 0.0736. The SMILES string of the molecule is C[C@@H](NC(=O)c1ccc([C@H]2SCC(=O)N2Cc2ccc(Cl)cc2)cc1)c1ccc(C(C)(C)C)cc1. The number of carbonyl (C=O) groups excluding carboxylic acids is 2. The van der Waals surface area contributed by atoms with Gasteiger partial charge in [-0.3, -0.25) is 9.59 Å². The van der Waals surface area contributed by atoms with Crippen molar-refractivity contribution in [1.29, 1.82) is 0 Å². The van der Waals surface area contributed by atoms with E-state index in [-0.39, 0.29) is 28.6 Å². The van der Waals surface area contributed by atoms with Crippen LogP contribution in [0.15, 0.2) is 72.8 Å². The monoisotopic (exact) mass is 506 g/mol. The molecule has 0 radical (unpaired) electrons. The van der Waals surface area contributed by atoms with E-state index >= 15 is 0 Å². The minimum Gasteiger partial charge on any atom is -0.346 e. The highest BCUT2D eigenvalue weighted by atomic mass is 35.5. The number of carbonyl (C=O) groups is 2. The molecule has 4 rings (SSSR count). The number of nitrogens with zero attached hydrogens (tertiary/aromatic N) is 1. The summed E-state index contributed by atoms with van der Waals surface area (Å²) in [5, 5.41) is 3.70. The lowest BCUT2D eigenvalue weighted by molar-refractivity contribution is -0.128.